The number of ether oxygens (including phenoxy) is 2. The smallest absolute Gasteiger partial charge is 0.387 e. The van der Waals surface area contributed by atoms with E-state index in [1.165, 1.54) is 13.2 Å². The van der Waals surface area contributed by atoms with Crippen LogP contribution in [-0.2, 0) is 10.2 Å². The first-order valence-corrected chi connectivity index (χ1v) is 11.5. The Morgan fingerprint density at radius 3 is 2.46 bits per heavy atom. The van der Waals surface area contributed by atoms with Crippen LogP contribution in [0.1, 0.15) is 56.5 Å². The summed E-state index contributed by atoms with van der Waals surface area (Å²) in [6.45, 7) is 4.40. The summed E-state index contributed by atoms with van der Waals surface area (Å²) in [5.74, 6) is -0.680. The average Bonchev–Trinajstić information content (AvgIpc) is 3.51. The van der Waals surface area contributed by atoms with Crippen molar-refractivity contribution in [1.82, 2.24) is 14.7 Å². The van der Waals surface area contributed by atoms with E-state index in [-0.39, 0.29) is 34.8 Å². The molecule has 0 atom stereocenters. The number of aromatic nitrogens is 2. The van der Waals surface area contributed by atoms with E-state index >= 15 is 0 Å². The summed E-state index contributed by atoms with van der Waals surface area (Å²) >= 11 is 0. The number of imidazole rings is 1. The molecular formula is C26H29F2N3O4. The van der Waals surface area contributed by atoms with Gasteiger partial charge in [0.05, 0.1) is 19.0 Å². The van der Waals surface area contributed by atoms with Crippen LogP contribution in [-0.4, -0.2) is 40.8 Å². The molecule has 1 aliphatic rings. The zero-order valence-electron chi connectivity index (χ0n) is 20.4. The maximum absolute atomic E-state index is 13.2. The van der Waals surface area contributed by atoms with Crippen molar-refractivity contribution in [2.24, 2.45) is 5.92 Å². The number of methoxy groups -OCH3 is 1. The van der Waals surface area contributed by atoms with Gasteiger partial charge in [-0.25, -0.2) is 4.98 Å². The Balaban J connectivity index is 1.78. The Morgan fingerprint density at radius 1 is 1.17 bits per heavy atom. The molecule has 0 saturated heterocycles. The molecule has 0 aliphatic heterocycles. The van der Waals surface area contributed by atoms with Gasteiger partial charge in [0, 0.05) is 29.1 Å². The fourth-order valence-corrected chi connectivity index (χ4v) is 4.24. The number of hydrogen-bond acceptors (Lipinski definition) is 5. The number of fused-ring (bicyclic) bond motifs is 1. The number of pyridine rings is 1. The predicted octanol–water partition coefficient (Wildman–Crippen LogP) is 5.01. The lowest BCUT2D eigenvalue weighted by Crippen LogP contribution is -2.32. The number of amides is 1. The third-order valence-corrected chi connectivity index (χ3v) is 6.31. The molecule has 1 amide bonds. The molecule has 7 nitrogen and oxygen atoms in total. The zero-order chi connectivity index (χ0) is 25.5. The summed E-state index contributed by atoms with van der Waals surface area (Å²) in [5, 5.41) is 2.79. The first kappa shape index (κ1) is 24.6. The standard InChI is InChI=1S/C26H29F2N3O4/c1-14(2)23(32)26(3,4)16-8-9-31-18(13-29-21(31)12-16)15-10-19(34-5)22(20(11-15)35-25(27)28)24(33)30-17-6-7-17/h8-14,17,25H,6-7H2,1-5H3,(H,30,33). The molecule has 0 radical (unpaired) electrons. The van der Waals surface area contributed by atoms with E-state index in [0.717, 1.165) is 18.4 Å². The van der Waals surface area contributed by atoms with E-state index in [0.29, 0.717) is 16.9 Å². The third kappa shape index (κ3) is 4.85. The van der Waals surface area contributed by atoms with Crippen molar-refractivity contribution in [3.63, 3.8) is 0 Å². The fourth-order valence-electron chi connectivity index (χ4n) is 4.24. The Morgan fingerprint density at radius 2 is 1.86 bits per heavy atom. The molecule has 1 saturated carbocycles. The predicted molar refractivity (Wildman–Crippen MR) is 127 cm³/mol. The van der Waals surface area contributed by atoms with Gasteiger partial charge in [0.2, 0.25) is 0 Å². The molecule has 186 valence electrons. The third-order valence-electron chi connectivity index (χ3n) is 6.31. The van der Waals surface area contributed by atoms with Crippen molar-refractivity contribution in [2.45, 2.75) is 58.6 Å². The van der Waals surface area contributed by atoms with Gasteiger partial charge in [0.25, 0.3) is 5.91 Å². The maximum atomic E-state index is 13.2. The van der Waals surface area contributed by atoms with E-state index < -0.39 is 17.9 Å². The minimum Gasteiger partial charge on any atom is -0.496 e. The molecule has 1 N–H and O–H groups in total. The number of carbonyl (C=O) groups is 2. The topological polar surface area (TPSA) is 81.9 Å². The van der Waals surface area contributed by atoms with Gasteiger partial charge in [-0.2, -0.15) is 8.78 Å². The Labute approximate surface area is 202 Å². The Kier molecular flexibility index (Phi) is 6.53. The number of hydrogen-bond donors (Lipinski definition) is 1. The second kappa shape index (κ2) is 9.28. The van der Waals surface area contributed by atoms with Crippen LogP contribution in [0.2, 0.25) is 0 Å². The molecule has 1 aromatic carbocycles. The highest BCUT2D eigenvalue weighted by atomic mass is 19.3. The van der Waals surface area contributed by atoms with Gasteiger partial charge in [-0.1, -0.05) is 13.8 Å². The monoisotopic (exact) mass is 485 g/mol. The number of benzene rings is 1. The van der Waals surface area contributed by atoms with Crippen LogP contribution in [0.3, 0.4) is 0 Å². The molecule has 2 heterocycles. The van der Waals surface area contributed by atoms with E-state index in [4.69, 9.17) is 9.47 Å². The van der Waals surface area contributed by atoms with Crippen LogP contribution < -0.4 is 14.8 Å². The zero-order valence-corrected chi connectivity index (χ0v) is 20.4. The van der Waals surface area contributed by atoms with E-state index in [9.17, 15) is 18.4 Å². The van der Waals surface area contributed by atoms with Crippen LogP contribution in [0.15, 0.2) is 36.7 Å². The molecule has 3 aromatic rings. The minimum absolute atomic E-state index is 0.0334. The molecule has 9 heteroatoms. The molecule has 0 spiro atoms. The Hall–Kier alpha value is -3.49. The lowest BCUT2D eigenvalue weighted by atomic mass is 9.77. The van der Waals surface area contributed by atoms with Gasteiger partial charge < -0.3 is 14.8 Å². The minimum atomic E-state index is -3.12. The second-order valence-electron chi connectivity index (χ2n) is 9.61. The first-order chi connectivity index (χ1) is 16.5. The average molecular weight is 486 g/mol. The molecule has 4 rings (SSSR count). The summed E-state index contributed by atoms with van der Waals surface area (Å²) in [6.07, 6.45) is 5.08. The highest BCUT2D eigenvalue weighted by Crippen LogP contribution is 2.37. The van der Waals surface area contributed by atoms with E-state index in [2.05, 4.69) is 10.3 Å². The number of alkyl halides is 2. The number of nitrogens with one attached hydrogen (secondary N) is 1. The maximum Gasteiger partial charge on any atom is 0.387 e. The van der Waals surface area contributed by atoms with Crippen molar-refractivity contribution in [3.8, 4) is 22.8 Å². The SMILES string of the molecule is COc1cc(-c2cnc3cc(C(C)(C)C(=O)C(C)C)ccn23)cc(OC(F)F)c1C(=O)NC1CC1. The van der Waals surface area contributed by atoms with Crippen molar-refractivity contribution < 1.29 is 27.8 Å². The normalized spacial score (nSPS) is 14.0. The van der Waals surface area contributed by atoms with Crippen molar-refractivity contribution in [1.29, 1.82) is 0 Å². The summed E-state index contributed by atoms with van der Waals surface area (Å²) < 4.78 is 38.4. The summed E-state index contributed by atoms with van der Waals surface area (Å²) in [7, 11) is 1.37. The highest BCUT2D eigenvalue weighted by Gasteiger charge is 2.32. The van der Waals surface area contributed by atoms with Gasteiger partial charge in [0.1, 0.15) is 28.5 Å². The van der Waals surface area contributed by atoms with Crippen LogP contribution in [0, 0.1) is 5.92 Å². The summed E-state index contributed by atoms with van der Waals surface area (Å²) in [5.41, 5.74) is 1.72. The molecule has 35 heavy (non-hydrogen) atoms. The van der Waals surface area contributed by atoms with Crippen LogP contribution in [0.4, 0.5) is 8.78 Å². The molecular weight excluding hydrogens is 456 g/mol. The number of ketones is 1. The highest BCUT2D eigenvalue weighted by molar-refractivity contribution is 6.01. The number of halogens is 2. The van der Waals surface area contributed by atoms with Gasteiger partial charge in [-0.05, 0) is 56.5 Å². The van der Waals surface area contributed by atoms with Gasteiger partial charge >= 0.3 is 6.61 Å². The van der Waals surface area contributed by atoms with E-state index in [1.54, 1.807) is 22.9 Å². The number of carbonyl (C=O) groups excluding carboxylic acids is 2. The summed E-state index contributed by atoms with van der Waals surface area (Å²) in [4.78, 5) is 30.0. The number of Topliss-reactive ketones (excluding diaryl/α,β-unsaturated/α-hetero) is 1. The largest absolute Gasteiger partial charge is 0.496 e. The molecule has 0 unspecified atom stereocenters. The molecule has 1 fully saturated rings. The van der Waals surface area contributed by atoms with Crippen LogP contribution in [0.5, 0.6) is 11.5 Å². The van der Waals surface area contributed by atoms with Gasteiger partial charge in [-0.3, -0.25) is 14.0 Å². The lowest BCUT2D eigenvalue weighted by Gasteiger charge is -2.26. The number of nitrogens with zero attached hydrogens (tertiary/aromatic N) is 2. The summed E-state index contributed by atoms with van der Waals surface area (Å²) in [6, 6.07) is 6.72. The number of rotatable bonds is 9. The molecule has 2 aromatic heterocycles. The van der Waals surface area contributed by atoms with Gasteiger partial charge in [-0.15, -0.1) is 0 Å². The van der Waals surface area contributed by atoms with Crippen LogP contribution in [0.25, 0.3) is 16.9 Å². The lowest BCUT2D eigenvalue weighted by molar-refractivity contribution is -0.126. The fraction of sp³-hybridized carbons (Fsp3) is 0.423. The van der Waals surface area contributed by atoms with Crippen molar-refractivity contribution in [3.05, 3.63) is 47.8 Å². The quantitative estimate of drug-likeness (QED) is 0.461. The van der Waals surface area contributed by atoms with Crippen molar-refractivity contribution in [2.75, 3.05) is 7.11 Å². The second-order valence-corrected chi connectivity index (χ2v) is 9.61. The Bertz CT molecular complexity index is 1280. The van der Waals surface area contributed by atoms with Crippen molar-refractivity contribution >= 4 is 17.3 Å². The molecule has 0 bridgehead atoms. The van der Waals surface area contributed by atoms with Gasteiger partial charge in [0.15, 0.2) is 0 Å². The van der Waals surface area contributed by atoms with E-state index in [1.807, 2.05) is 39.8 Å². The van der Waals surface area contributed by atoms with Crippen LogP contribution >= 0.6 is 0 Å². The molecule has 1 aliphatic carbocycles. The first-order valence-electron chi connectivity index (χ1n) is 11.5.